The van der Waals surface area contributed by atoms with Gasteiger partial charge in [-0.15, -0.1) is 0 Å². The molecule has 0 saturated carbocycles. The molecular weight excluding hydrogens is 326 g/mol. The van der Waals surface area contributed by atoms with Crippen LogP contribution in [0, 0.1) is 6.92 Å². The molecule has 1 saturated heterocycles. The minimum Gasteiger partial charge on any atom is -0.494 e. The Labute approximate surface area is 144 Å². The van der Waals surface area contributed by atoms with Crippen LogP contribution in [0.3, 0.4) is 0 Å². The van der Waals surface area contributed by atoms with Crippen LogP contribution >= 0.6 is 0 Å². The number of ether oxygens (including phenoxy) is 1. The van der Waals surface area contributed by atoms with E-state index in [1.54, 1.807) is 4.90 Å². The molecule has 1 aromatic rings. The second-order valence-corrected chi connectivity index (χ2v) is 8.64. The maximum atomic E-state index is 12.5. The number of rotatable bonds is 8. The topological polar surface area (TPSA) is 63.7 Å². The summed E-state index contributed by atoms with van der Waals surface area (Å²) in [5.74, 6) is 1.15. The van der Waals surface area contributed by atoms with E-state index in [9.17, 15) is 13.2 Å². The van der Waals surface area contributed by atoms with Crippen LogP contribution < -0.4 is 4.74 Å². The lowest BCUT2D eigenvalue weighted by Crippen LogP contribution is -2.41. The lowest BCUT2D eigenvalue weighted by Gasteiger charge is -2.28. The van der Waals surface area contributed by atoms with Crippen LogP contribution in [-0.4, -0.2) is 49.9 Å². The summed E-state index contributed by atoms with van der Waals surface area (Å²) < 4.78 is 29.0. The predicted octanol–water partition coefficient (Wildman–Crippen LogP) is 2.58. The largest absolute Gasteiger partial charge is 0.494 e. The maximum absolute atomic E-state index is 12.5. The Bertz CT molecular complexity index is 657. The van der Waals surface area contributed by atoms with Crippen molar-refractivity contribution in [3.63, 3.8) is 0 Å². The van der Waals surface area contributed by atoms with Crippen molar-refractivity contribution in [1.29, 1.82) is 0 Å². The first kappa shape index (κ1) is 18.8. The van der Waals surface area contributed by atoms with Gasteiger partial charge in [-0.2, -0.15) is 0 Å². The van der Waals surface area contributed by atoms with Gasteiger partial charge in [-0.1, -0.05) is 19.1 Å². The number of benzene rings is 1. The lowest BCUT2D eigenvalue weighted by molar-refractivity contribution is -0.133. The lowest BCUT2D eigenvalue weighted by atomic mass is 10.1. The second kappa shape index (κ2) is 8.51. The highest BCUT2D eigenvalue weighted by Gasteiger charge is 2.33. The molecular formula is C18H27NO4S. The van der Waals surface area contributed by atoms with Crippen LogP contribution in [0.1, 0.15) is 38.2 Å². The van der Waals surface area contributed by atoms with Crippen molar-refractivity contribution >= 4 is 15.7 Å². The Morgan fingerprint density at radius 3 is 2.79 bits per heavy atom. The zero-order valence-electron chi connectivity index (χ0n) is 14.5. The van der Waals surface area contributed by atoms with E-state index in [-0.39, 0.29) is 23.5 Å². The molecule has 0 aromatic heterocycles. The highest BCUT2D eigenvalue weighted by atomic mass is 32.2. The molecule has 1 fully saturated rings. The number of aryl methyl sites for hydroxylation is 1. The Hall–Kier alpha value is -1.56. The highest BCUT2D eigenvalue weighted by molar-refractivity contribution is 7.91. The van der Waals surface area contributed by atoms with E-state index in [0.717, 1.165) is 17.7 Å². The van der Waals surface area contributed by atoms with Gasteiger partial charge in [-0.05, 0) is 43.9 Å². The van der Waals surface area contributed by atoms with E-state index in [0.29, 0.717) is 32.4 Å². The van der Waals surface area contributed by atoms with Crippen LogP contribution in [0.15, 0.2) is 24.3 Å². The standard InChI is InChI=1S/C18H27NO4S/c1-3-10-19(16-9-12-24(21,22)14-16)18(20)8-5-11-23-17-7-4-6-15(2)13-17/h4,6-7,13,16H,3,5,8-12,14H2,1-2H3. The number of amides is 1. The van der Waals surface area contributed by atoms with E-state index >= 15 is 0 Å². The van der Waals surface area contributed by atoms with Crippen molar-refractivity contribution in [2.24, 2.45) is 0 Å². The molecule has 1 aliphatic heterocycles. The van der Waals surface area contributed by atoms with E-state index in [2.05, 4.69) is 0 Å². The molecule has 0 bridgehead atoms. The predicted molar refractivity (Wildman–Crippen MR) is 95.0 cm³/mol. The average molecular weight is 353 g/mol. The minimum atomic E-state index is -2.98. The van der Waals surface area contributed by atoms with E-state index in [1.807, 2.05) is 38.1 Å². The molecule has 134 valence electrons. The molecule has 1 aromatic carbocycles. The van der Waals surface area contributed by atoms with Crippen molar-refractivity contribution in [2.75, 3.05) is 24.7 Å². The zero-order valence-corrected chi connectivity index (χ0v) is 15.3. The van der Waals surface area contributed by atoms with Gasteiger partial charge in [-0.3, -0.25) is 4.79 Å². The van der Waals surface area contributed by atoms with Crippen molar-refractivity contribution in [1.82, 2.24) is 4.90 Å². The molecule has 24 heavy (non-hydrogen) atoms. The second-order valence-electron chi connectivity index (χ2n) is 6.41. The van der Waals surface area contributed by atoms with Gasteiger partial charge in [0.1, 0.15) is 5.75 Å². The van der Waals surface area contributed by atoms with Gasteiger partial charge in [0.05, 0.1) is 18.1 Å². The summed E-state index contributed by atoms with van der Waals surface area (Å²) in [6.07, 6.45) is 2.42. The van der Waals surface area contributed by atoms with Gasteiger partial charge in [0.2, 0.25) is 5.91 Å². The number of carbonyl (C=O) groups is 1. The number of nitrogens with zero attached hydrogens (tertiary/aromatic N) is 1. The van der Waals surface area contributed by atoms with Crippen molar-refractivity contribution < 1.29 is 17.9 Å². The van der Waals surface area contributed by atoms with Crippen LogP contribution in [0.4, 0.5) is 0 Å². The fourth-order valence-electron chi connectivity index (χ4n) is 3.04. The zero-order chi connectivity index (χ0) is 17.6. The third-order valence-corrected chi connectivity index (χ3v) is 5.98. The van der Waals surface area contributed by atoms with Gasteiger partial charge in [0, 0.05) is 19.0 Å². The molecule has 2 rings (SSSR count). The summed E-state index contributed by atoms with van der Waals surface area (Å²) in [5, 5.41) is 0. The molecule has 0 spiro atoms. The number of sulfone groups is 1. The number of hydrogen-bond acceptors (Lipinski definition) is 4. The fraction of sp³-hybridized carbons (Fsp3) is 0.611. The van der Waals surface area contributed by atoms with Gasteiger partial charge >= 0.3 is 0 Å². The maximum Gasteiger partial charge on any atom is 0.222 e. The molecule has 5 nitrogen and oxygen atoms in total. The third-order valence-electron chi connectivity index (χ3n) is 4.23. The molecule has 1 unspecified atom stereocenters. The quantitative estimate of drug-likeness (QED) is 0.674. The minimum absolute atomic E-state index is 0.0341. The Morgan fingerprint density at radius 1 is 1.38 bits per heavy atom. The number of hydrogen-bond donors (Lipinski definition) is 0. The molecule has 0 aliphatic carbocycles. The van der Waals surface area contributed by atoms with Crippen LogP contribution in [0.5, 0.6) is 5.75 Å². The monoisotopic (exact) mass is 353 g/mol. The molecule has 1 aliphatic rings. The Kier molecular flexibility index (Phi) is 6.66. The molecule has 1 amide bonds. The third kappa shape index (κ3) is 5.51. The van der Waals surface area contributed by atoms with Crippen LogP contribution in [0.25, 0.3) is 0 Å². The summed E-state index contributed by atoms with van der Waals surface area (Å²) in [5.41, 5.74) is 1.14. The summed E-state index contributed by atoms with van der Waals surface area (Å²) in [7, 11) is -2.98. The van der Waals surface area contributed by atoms with Gasteiger partial charge in [-0.25, -0.2) is 8.42 Å². The SMILES string of the molecule is CCCN(C(=O)CCCOc1cccc(C)c1)C1CCS(=O)(=O)C1. The van der Waals surface area contributed by atoms with Crippen LogP contribution in [0.2, 0.25) is 0 Å². The van der Waals surface area contributed by atoms with Crippen molar-refractivity contribution in [3.05, 3.63) is 29.8 Å². The van der Waals surface area contributed by atoms with E-state index in [4.69, 9.17) is 4.74 Å². The Morgan fingerprint density at radius 2 is 2.17 bits per heavy atom. The molecule has 1 atom stereocenters. The van der Waals surface area contributed by atoms with E-state index < -0.39 is 9.84 Å². The molecule has 0 N–H and O–H groups in total. The highest BCUT2D eigenvalue weighted by Crippen LogP contribution is 2.19. The summed E-state index contributed by atoms with van der Waals surface area (Å²) in [4.78, 5) is 14.2. The molecule has 1 heterocycles. The first-order chi connectivity index (χ1) is 11.4. The normalized spacial score (nSPS) is 19.2. The summed E-state index contributed by atoms with van der Waals surface area (Å²) in [6, 6.07) is 7.67. The van der Waals surface area contributed by atoms with Gasteiger partial charge in [0.15, 0.2) is 9.84 Å². The summed E-state index contributed by atoms with van der Waals surface area (Å²) in [6.45, 7) is 5.12. The van der Waals surface area contributed by atoms with Crippen molar-refractivity contribution in [3.8, 4) is 5.75 Å². The van der Waals surface area contributed by atoms with Crippen LogP contribution in [-0.2, 0) is 14.6 Å². The van der Waals surface area contributed by atoms with Gasteiger partial charge < -0.3 is 9.64 Å². The van der Waals surface area contributed by atoms with E-state index in [1.165, 1.54) is 0 Å². The summed E-state index contributed by atoms with van der Waals surface area (Å²) >= 11 is 0. The molecule has 0 radical (unpaired) electrons. The first-order valence-corrected chi connectivity index (χ1v) is 10.4. The number of carbonyl (C=O) groups excluding carboxylic acids is 1. The smallest absolute Gasteiger partial charge is 0.222 e. The molecule has 6 heteroatoms. The average Bonchev–Trinajstić information content (AvgIpc) is 2.89. The first-order valence-electron chi connectivity index (χ1n) is 8.60. The van der Waals surface area contributed by atoms with Gasteiger partial charge in [0.25, 0.3) is 0 Å². The van der Waals surface area contributed by atoms with Crippen molar-refractivity contribution in [2.45, 2.75) is 45.6 Å². The Balaban J connectivity index is 1.80. The fourth-order valence-corrected chi connectivity index (χ4v) is 4.77.